The minimum atomic E-state index is -0.102. The van der Waals surface area contributed by atoms with Gasteiger partial charge in [0.1, 0.15) is 12.8 Å². The third-order valence-corrected chi connectivity index (χ3v) is 2.58. The van der Waals surface area contributed by atoms with Crippen LogP contribution in [0, 0.1) is 0 Å². The molecule has 0 spiro atoms. The molecule has 2 rings (SSSR count). The van der Waals surface area contributed by atoms with Gasteiger partial charge in [-0.05, 0) is 6.42 Å². The Morgan fingerprint density at radius 2 is 2.53 bits per heavy atom. The van der Waals surface area contributed by atoms with Crippen LogP contribution in [0.4, 0.5) is 0 Å². The summed E-state index contributed by atoms with van der Waals surface area (Å²) in [6.45, 7) is 0.705. The Morgan fingerprint density at radius 1 is 1.67 bits per heavy atom. The van der Waals surface area contributed by atoms with Gasteiger partial charge in [-0.15, -0.1) is 0 Å². The summed E-state index contributed by atoms with van der Waals surface area (Å²) in [4.78, 5) is 16.8. The summed E-state index contributed by atoms with van der Waals surface area (Å²) in [5.74, 6) is 0.0293. The van der Waals surface area contributed by atoms with E-state index in [0.29, 0.717) is 13.0 Å². The maximum absolute atomic E-state index is 11.5. The lowest BCUT2D eigenvalue weighted by molar-refractivity contribution is -0.223. The first-order chi connectivity index (χ1) is 7.33. The number of hydroxylamine groups is 2. The van der Waals surface area contributed by atoms with E-state index in [1.165, 1.54) is 5.06 Å². The smallest absolute Gasteiger partial charge is 0.246 e. The fourth-order valence-electron chi connectivity index (χ4n) is 1.88. The zero-order valence-corrected chi connectivity index (χ0v) is 8.72. The van der Waals surface area contributed by atoms with E-state index in [1.54, 1.807) is 7.11 Å². The normalized spacial score (nSPS) is 30.5. The van der Waals surface area contributed by atoms with Crippen LogP contribution in [0.25, 0.3) is 0 Å². The number of amides is 1. The van der Waals surface area contributed by atoms with Crippen LogP contribution in [-0.4, -0.2) is 43.6 Å². The van der Waals surface area contributed by atoms with Gasteiger partial charge in [0.05, 0.1) is 12.7 Å². The molecule has 1 amide bonds. The molecule has 0 aromatic heterocycles. The van der Waals surface area contributed by atoms with Crippen LogP contribution < -0.4 is 0 Å². The molecule has 0 aromatic rings. The van der Waals surface area contributed by atoms with E-state index in [2.05, 4.69) is 0 Å². The van der Waals surface area contributed by atoms with E-state index in [4.69, 9.17) is 14.3 Å². The monoisotopic (exact) mass is 213 g/mol. The summed E-state index contributed by atoms with van der Waals surface area (Å²) in [5, 5.41) is 1.42. The molecule has 0 radical (unpaired) electrons. The van der Waals surface area contributed by atoms with Gasteiger partial charge in [0, 0.05) is 13.5 Å². The highest BCUT2D eigenvalue weighted by atomic mass is 16.7. The average Bonchev–Trinajstić information content (AvgIpc) is 2.29. The molecule has 2 aliphatic rings. The first kappa shape index (κ1) is 10.6. The van der Waals surface area contributed by atoms with Crippen LogP contribution in [0.1, 0.15) is 12.8 Å². The number of hydrogen-bond donors (Lipinski definition) is 0. The van der Waals surface area contributed by atoms with Crippen molar-refractivity contribution < 1.29 is 19.1 Å². The molecule has 2 heterocycles. The van der Waals surface area contributed by atoms with Crippen LogP contribution >= 0.6 is 0 Å². The minimum Gasteiger partial charge on any atom is -0.359 e. The molecule has 1 fully saturated rings. The van der Waals surface area contributed by atoms with Crippen molar-refractivity contribution in [3.63, 3.8) is 0 Å². The predicted octanol–water partition coefficient (Wildman–Crippen LogP) is 0.468. The zero-order chi connectivity index (χ0) is 10.7. The summed E-state index contributed by atoms with van der Waals surface area (Å²) >= 11 is 0. The SMILES string of the molecule is COCO[C@@H]1CCC(=O)N2OCC=C[C@H]12. The number of fused-ring (bicyclic) bond motifs is 1. The van der Waals surface area contributed by atoms with Gasteiger partial charge in [0.2, 0.25) is 5.91 Å². The zero-order valence-electron chi connectivity index (χ0n) is 8.72. The molecule has 0 unspecified atom stereocenters. The van der Waals surface area contributed by atoms with E-state index in [0.717, 1.165) is 6.42 Å². The van der Waals surface area contributed by atoms with Gasteiger partial charge in [0.15, 0.2) is 0 Å². The second-order valence-electron chi connectivity index (χ2n) is 3.58. The van der Waals surface area contributed by atoms with Gasteiger partial charge in [0.25, 0.3) is 0 Å². The number of ether oxygens (including phenoxy) is 2. The van der Waals surface area contributed by atoms with Crippen molar-refractivity contribution >= 4 is 5.91 Å². The summed E-state index contributed by atoms with van der Waals surface area (Å²) in [5.41, 5.74) is 0. The molecule has 84 valence electrons. The average molecular weight is 213 g/mol. The fraction of sp³-hybridized carbons (Fsp3) is 0.700. The Morgan fingerprint density at radius 3 is 3.33 bits per heavy atom. The third-order valence-electron chi connectivity index (χ3n) is 2.58. The molecule has 0 N–H and O–H groups in total. The van der Waals surface area contributed by atoms with Crippen molar-refractivity contribution in [3.05, 3.63) is 12.2 Å². The van der Waals surface area contributed by atoms with Crippen molar-refractivity contribution in [3.8, 4) is 0 Å². The Balaban J connectivity index is 2.03. The van der Waals surface area contributed by atoms with Crippen LogP contribution in [0.2, 0.25) is 0 Å². The summed E-state index contributed by atoms with van der Waals surface area (Å²) in [6.07, 6.45) is 5.03. The lowest BCUT2D eigenvalue weighted by Gasteiger charge is -2.39. The van der Waals surface area contributed by atoms with Gasteiger partial charge in [-0.3, -0.25) is 9.63 Å². The van der Waals surface area contributed by atoms with Gasteiger partial charge in [-0.25, -0.2) is 5.06 Å². The molecular formula is C10H15NO4. The number of rotatable bonds is 3. The van der Waals surface area contributed by atoms with E-state index < -0.39 is 0 Å². The van der Waals surface area contributed by atoms with Gasteiger partial charge < -0.3 is 9.47 Å². The van der Waals surface area contributed by atoms with Crippen LogP contribution in [0.3, 0.4) is 0 Å². The maximum atomic E-state index is 11.5. The number of carbonyl (C=O) groups is 1. The first-order valence-electron chi connectivity index (χ1n) is 5.05. The Hall–Kier alpha value is -0.910. The summed E-state index contributed by atoms with van der Waals surface area (Å²) < 4.78 is 10.4. The van der Waals surface area contributed by atoms with Crippen LogP contribution in [0.15, 0.2) is 12.2 Å². The molecular weight excluding hydrogens is 198 g/mol. The van der Waals surface area contributed by atoms with E-state index in [1.807, 2.05) is 12.2 Å². The van der Waals surface area contributed by atoms with Crippen LogP contribution in [0.5, 0.6) is 0 Å². The number of carbonyl (C=O) groups excluding carboxylic acids is 1. The minimum absolute atomic E-state index is 0.0285. The van der Waals surface area contributed by atoms with Gasteiger partial charge in [-0.2, -0.15) is 0 Å². The highest BCUT2D eigenvalue weighted by molar-refractivity contribution is 5.76. The summed E-state index contributed by atoms with van der Waals surface area (Å²) in [6, 6.07) is -0.102. The quantitative estimate of drug-likeness (QED) is 0.505. The van der Waals surface area contributed by atoms with Crippen molar-refractivity contribution in [2.45, 2.75) is 25.0 Å². The molecule has 5 heteroatoms. The molecule has 0 aliphatic carbocycles. The highest BCUT2D eigenvalue weighted by Crippen LogP contribution is 2.24. The van der Waals surface area contributed by atoms with Crippen molar-refractivity contribution in [1.29, 1.82) is 0 Å². The van der Waals surface area contributed by atoms with E-state index in [-0.39, 0.29) is 24.8 Å². The van der Waals surface area contributed by atoms with E-state index >= 15 is 0 Å². The predicted molar refractivity (Wildman–Crippen MR) is 51.7 cm³/mol. The lowest BCUT2D eigenvalue weighted by atomic mass is 9.99. The molecule has 5 nitrogen and oxygen atoms in total. The van der Waals surface area contributed by atoms with Gasteiger partial charge >= 0.3 is 0 Å². The Bertz CT molecular complexity index is 266. The first-order valence-corrected chi connectivity index (χ1v) is 5.05. The number of methoxy groups -OCH3 is 1. The highest BCUT2D eigenvalue weighted by Gasteiger charge is 2.37. The number of nitrogens with zero attached hydrogens (tertiary/aromatic N) is 1. The molecule has 0 saturated carbocycles. The molecule has 0 aromatic carbocycles. The Labute approximate surface area is 88.5 Å². The third kappa shape index (κ3) is 2.19. The molecule has 2 atom stereocenters. The Kier molecular flexibility index (Phi) is 3.35. The molecule has 2 aliphatic heterocycles. The molecule has 0 bridgehead atoms. The fourth-order valence-corrected chi connectivity index (χ4v) is 1.88. The lowest BCUT2D eigenvalue weighted by Crippen LogP contribution is -2.52. The largest absolute Gasteiger partial charge is 0.359 e. The van der Waals surface area contributed by atoms with Crippen molar-refractivity contribution in [2.24, 2.45) is 0 Å². The topological polar surface area (TPSA) is 48.0 Å². The van der Waals surface area contributed by atoms with E-state index in [9.17, 15) is 4.79 Å². The standard InChI is InChI=1S/C10H15NO4/c1-13-7-14-9-4-5-10(12)11-8(9)3-2-6-15-11/h2-3,8-9H,4-7H2,1H3/t8-,9-/m1/s1. The van der Waals surface area contributed by atoms with Gasteiger partial charge in [-0.1, -0.05) is 12.2 Å². The molecule has 1 saturated heterocycles. The second-order valence-corrected chi connectivity index (χ2v) is 3.58. The van der Waals surface area contributed by atoms with Crippen molar-refractivity contribution in [2.75, 3.05) is 20.5 Å². The maximum Gasteiger partial charge on any atom is 0.246 e. The second kappa shape index (κ2) is 4.74. The van der Waals surface area contributed by atoms with Crippen LogP contribution in [-0.2, 0) is 19.1 Å². The number of hydrogen-bond acceptors (Lipinski definition) is 4. The molecule has 15 heavy (non-hydrogen) atoms. The summed E-state index contributed by atoms with van der Waals surface area (Å²) in [7, 11) is 1.58. The number of piperidine rings is 1. The van der Waals surface area contributed by atoms with Crippen molar-refractivity contribution in [1.82, 2.24) is 5.06 Å².